The number of morpholine rings is 1. The fraction of sp³-hybridized carbons (Fsp3) is 0.300. The molecule has 164 valence electrons. The third-order valence-corrected chi connectivity index (χ3v) is 6.97. The zero-order valence-electron chi connectivity index (χ0n) is 16.7. The summed E-state index contributed by atoms with van der Waals surface area (Å²) in [5.41, 5.74) is 1.62. The van der Waals surface area contributed by atoms with Gasteiger partial charge >= 0.3 is 0 Å². The van der Waals surface area contributed by atoms with E-state index in [-0.39, 0.29) is 35.3 Å². The van der Waals surface area contributed by atoms with Gasteiger partial charge in [-0.1, -0.05) is 11.6 Å². The molecular formula is C20H21ClN4O5S. The third-order valence-electron chi connectivity index (χ3n) is 4.75. The summed E-state index contributed by atoms with van der Waals surface area (Å²) in [5, 5.41) is 2.84. The Morgan fingerprint density at radius 1 is 1.29 bits per heavy atom. The SMILES string of the molecule is Cc1cn2cccc(OCC(=O)Nc3cc(S(=O)(=O)N4CCOCC4)ccc3Cl)c2n1. The number of carbonyl (C=O) groups is 1. The number of amides is 1. The molecule has 1 aromatic carbocycles. The number of ether oxygens (including phenoxy) is 2. The summed E-state index contributed by atoms with van der Waals surface area (Å²) in [5.74, 6) is -0.0198. The molecule has 1 fully saturated rings. The highest BCUT2D eigenvalue weighted by Gasteiger charge is 2.27. The van der Waals surface area contributed by atoms with Crippen molar-refractivity contribution in [2.75, 3.05) is 38.2 Å². The number of fused-ring (bicyclic) bond motifs is 1. The Labute approximate surface area is 184 Å². The number of benzene rings is 1. The molecule has 1 aliphatic heterocycles. The third kappa shape index (κ3) is 4.67. The molecule has 1 amide bonds. The van der Waals surface area contributed by atoms with Crippen molar-refractivity contribution in [2.45, 2.75) is 11.8 Å². The van der Waals surface area contributed by atoms with Crippen LogP contribution in [-0.2, 0) is 19.6 Å². The van der Waals surface area contributed by atoms with Crippen LogP contribution in [0.15, 0.2) is 47.6 Å². The maximum atomic E-state index is 12.9. The lowest BCUT2D eigenvalue weighted by Gasteiger charge is -2.26. The predicted molar refractivity (Wildman–Crippen MR) is 115 cm³/mol. The van der Waals surface area contributed by atoms with Gasteiger partial charge in [0, 0.05) is 25.5 Å². The molecule has 1 saturated heterocycles. The molecule has 1 N–H and O–H groups in total. The first-order chi connectivity index (χ1) is 14.8. The predicted octanol–water partition coefficient (Wildman–Crippen LogP) is 2.33. The van der Waals surface area contributed by atoms with Crippen molar-refractivity contribution in [1.29, 1.82) is 0 Å². The molecule has 4 rings (SSSR count). The number of rotatable bonds is 6. The van der Waals surface area contributed by atoms with Gasteiger partial charge in [0.25, 0.3) is 5.91 Å². The van der Waals surface area contributed by atoms with E-state index in [9.17, 15) is 13.2 Å². The minimum atomic E-state index is -3.71. The van der Waals surface area contributed by atoms with Crippen molar-refractivity contribution in [3.8, 4) is 5.75 Å². The lowest BCUT2D eigenvalue weighted by molar-refractivity contribution is -0.118. The van der Waals surface area contributed by atoms with E-state index in [1.165, 1.54) is 22.5 Å². The fourth-order valence-electron chi connectivity index (χ4n) is 3.25. The van der Waals surface area contributed by atoms with Crippen LogP contribution in [0.5, 0.6) is 5.75 Å². The highest BCUT2D eigenvalue weighted by Crippen LogP contribution is 2.27. The minimum Gasteiger partial charge on any atom is -0.480 e. The van der Waals surface area contributed by atoms with Gasteiger partial charge < -0.3 is 19.2 Å². The van der Waals surface area contributed by atoms with Crippen molar-refractivity contribution < 1.29 is 22.7 Å². The first-order valence-electron chi connectivity index (χ1n) is 9.59. The van der Waals surface area contributed by atoms with Crippen LogP contribution in [-0.4, -0.2) is 60.9 Å². The number of carbonyl (C=O) groups excluding carboxylic acids is 1. The molecule has 0 spiro atoms. The highest BCUT2D eigenvalue weighted by atomic mass is 35.5. The van der Waals surface area contributed by atoms with Crippen LogP contribution in [0.4, 0.5) is 5.69 Å². The summed E-state index contributed by atoms with van der Waals surface area (Å²) in [6.07, 6.45) is 3.69. The topological polar surface area (TPSA) is 102 Å². The lowest BCUT2D eigenvalue weighted by atomic mass is 10.3. The van der Waals surface area contributed by atoms with E-state index >= 15 is 0 Å². The van der Waals surface area contributed by atoms with E-state index < -0.39 is 15.9 Å². The van der Waals surface area contributed by atoms with Crippen LogP contribution in [0, 0.1) is 6.92 Å². The molecule has 0 radical (unpaired) electrons. The second kappa shape index (κ2) is 8.83. The molecule has 11 heteroatoms. The monoisotopic (exact) mass is 464 g/mol. The normalized spacial score (nSPS) is 15.2. The van der Waals surface area contributed by atoms with E-state index in [0.717, 1.165) is 5.69 Å². The van der Waals surface area contributed by atoms with Crippen molar-refractivity contribution in [2.24, 2.45) is 0 Å². The maximum absolute atomic E-state index is 12.9. The summed E-state index contributed by atoms with van der Waals surface area (Å²) >= 11 is 6.18. The van der Waals surface area contributed by atoms with Crippen molar-refractivity contribution in [3.05, 3.63) is 53.4 Å². The molecule has 3 aromatic rings. The number of aromatic nitrogens is 2. The van der Waals surface area contributed by atoms with Crippen molar-refractivity contribution >= 4 is 38.9 Å². The Hall–Kier alpha value is -2.66. The van der Waals surface area contributed by atoms with Gasteiger partial charge in [-0.05, 0) is 37.3 Å². The molecule has 0 aliphatic carbocycles. The number of nitrogens with zero attached hydrogens (tertiary/aromatic N) is 3. The second-order valence-corrected chi connectivity index (χ2v) is 9.33. The standard InChI is InChI=1S/C20H21ClN4O5S/c1-14-12-24-6-2-3-18(20(24)22-14)30-13-19(26)23-17-11-15(4-5-16(17)21)31(27,28)25-7-9-29-10-8-25/h2-6,11-12H,7-10,13H2,1H3,(H,23,26). The van der Waals surface area contributed by atoms with Gasteiger partial charge in [-0.25, -0.2) is 13.4 Å². The van der Waals surface area contributed by atoms with Gasteiger partial charge in [-0.3, -0.25) is 4.79 Å². The van der Waals surface area contributed by atoms with E-state index in [1.54, 1.807) is 16.5 Å². The summed E-state index contributed by atoms with van der Waals surface area (Å²) < 4.78 is 39.7. The smallest absolute Gasteiger partial charge is 0.262 e. The summed E-state index contributed by atoms with van der Waals surface area (Å²) in [7, 11) is -3.71. The van der Waals surface area contributed by atoms with Gasteiger partial charge in [0.05, 0.1) is 34.5 Å². The maximum Gasteiger partial charge on any atom is 0.262 e. The second-order valence-electron chi connectivity index (χ2n) is 6.98. The van der Waals surface area contributed by atoms with Gasteiger partial charge in [0.2, 0.25) is 10.0 Å². The van der Waals surface area contributed by atoms with Crippen LogP contribution in [0.2, 0.25) is 5.02 Å². The van der Waals surface area contributed by atoms with Crippen LogP contribution in [0.3, 0.4) is 0 Å². The lowest BCUT2D eigenvalue weighted by Crippen LogP contribution is -2.40. The molecule has 0 bridgehead atoms. The molecule has 9 nitrogen and oxygen atoms in total. The number of hydrogen-bond acceptors (Lipinski definition) is 6. The zero-order valence-corrected chi connectivity index (χ0v) is 18.3. The Morgan fingerprint density at radius 3 is 2.84 bits per heavy atom. The van der Waals surface area contributed by atoms with E-state index in [4.69, 9.17) is 21.1 Å². The average Bonchev–Trinajstić information content (AvgIpc) is 3.15. The van der Waals surface area contributed by atoms with Crippen LogP contribution >= 0.6 is 11.6 Å². The molecule has 0 atom stereocenters. The number of anilines is 1. The van der Waals surface area contributed by atoms with Crippen molar-refractivity contribution in [1.82, 2.24) is 13.7 Å². The van der Waals surface area contributed by atoms with Crippen LogP contribution in [0.25, 0.3) is 5.65 Å². The van der Waals surface area contributed by atoms with Gasteiger partial charge in [-0.2, -0.15) is 4.31 Å². The quantitative estimate of drug-likeness (QED) is 0.600. The zero-order chi connectivity index (χ0) is 22.0. The molecule has 2 aromatic heterocycles. The van der Waals surface area contributed by atoms with Crippen LogP contribution < -0.4 is 10.1 Å². The number of pyridine rings is 1. The highest BCUT2D eigenvalue weighted by molar-refractivity contribution is 7.89. The minimum absolute atomic E-state index is 0.0487. The van der Waals surface area contributed by atoms with E-state index in [2.05, 4.69) is 10.3 Å². The Kier molecular flexibility index (Phi) is 6.15. The van der Waals surface area contributed by atoms with E-state index in [0.29, 0.717) is 24.6 Å². The molecule has 0 unspecified atom stereocenters. The number of hydrogen-bond donors (Lipinski definition) is 1. The number of nitrogens with one attached hydrogen (secondary N) is 1. The van der Waals surface area contributed by atoms with Gasteiger partial charge in [-0.15, -0.1) is 0 Å². The Bertz CT molecular complexity index is 1220. The van der Waals surface area contributed by atoms with Gasteiger partial charge in [0.15, 0.2) is 18.0 Å². The first kappa shape index (κ1) is 21.6. The molecule has 0 saturated carbocycles. The van der Waals surface area contributed by atoms with Crippen LogP contribution in [0.1, 0.15) is 5.69 Å². The number of imidazole rings is 1. The number of halogens is 1. The summed E-state index contributed by atoms with van der Waals surface area (Å²) in [6, 6.07) is 7.72. The molecule has 1 aliphatic rings. The first-order valence-corrected chi connectivity index (χ1v) is 11.4. The Balaban J connectivity index is 1.47. The molecule has 31 heavy (non-hydrogen) atoms. The fourth-order valence-corrected chi connectivity index (χ4v) is 4.85. The Morgan fingerprint density at radius 2 is 2.06 bits per heavy atom. The molecular weight excluding hydrogens is 444 g/mol. The van der Waals surface area contributed by atoms with Crippen molar-refractivity contribution in [3.63, 3.8) is 0 Å². The van der Waals surface area contributed by atoms with E-state index in [1.807, 2.05) is 19.3 Å². The van der Waals surface area contributed by atoms with Gasteiger partial charge in [0.1, 0.15) is 0 Å². The largest absolute Gasteiger partial charge is 0.480 e. The number of sulfonamides is 1. The number of aryl methyl sites for hydroxylation is 1. The average molecular weight is 465 g/mol. The molecule has 3 heterocycles. The summed E-state index contributed by atoms with van der Waals surface area (Å²) in [6.45, 7) is 2.82. The summed E-state index contributed by atoms with van der Waals surface area (Å²) in [4.78, 5) is 16.9.